The quantitative estimate of drug-likeness (QED) is 0.825. The number of rotatable bonds is 4. The Hall–Kier alpha value is -0.340. The third-order valence-corrected chi connectivity index (χ3v) is 4.76. The van der Waals surface area contributed by atoms with E-state index < -0.39 is 0 Å². The molecule has 0 amide bonds. The molecule has 0 aromatic carbocycles. The summed E-state index contributed by atoms with van der Waals surface area (Å²) < 4.78 is 0. The van der Waals surface area contributed by atoms with Crippen molar-refractivity contribution in [2.24, 2.45) is 11.8 Å². The molecule has 0 aliphatic heterocycles. The van der Waals surface area contributed by atoms with Crippen molar-refractivity contribution in [3.8, 4) is 0 Å². The van der Waals surface area contributed by atoms with Crippen LogP contribution in [0.4, 0.5) is 0 Å². The van der Waals surface area contributed by atoms with E-state index in [4.69, 9.17) is 0 Å². The van der Waals surface area contributed by atoms with Crippen molar-refractivity contribution in [2.45, 2.75) is 39.2 Å². The molecule has 1 saturated carbocycles. The number of thiophene rings is 1. The van der Waals surface area contributed by atoms with Gasteiger partial charge in [-0.1, -0.05) is 19.9 Å². The zero-order chi connectivity index (χ0) is 10.7. The lowest BCUT2D eigenvalue weighted by atomic mass is 9.98. The SMILES string of the molecule is CC1CCC(NCCc2cccs2)C1C. The highest BCUT2D eigenvalue weighted by molar-refractivity contribution is 7.09. The summed E-state index contributed by atoms with van der Waals surface area (Å²) in [5.74, 6) is 1.76. The van der Waals surface area contributed by atoms with Crippen molar-refractivity contribution in [1.82, 2.24) is 5.32 Å². The van der Waals surface area contributed by atoms with E-state index in [1.54, 1.807) is 0 Å². The first kappa shape index (κ1) is 11.2. The third kappa shape index (κ3) is 2.82. The Balaban J connectivity index is 1.70. The summed E-state index contributed by atoms with van der Waals surface area (Å²) in [6.07, 6.45) is 3.96. The highest BCUT2D eigenvalue weighted by atomic mass is 32.1. The molecule has 0 spiro atoms. The molecule has 3 unspecified atom stereocenters. The first-order valence-corrected chi connectivity index (χ1v) is 6.91. The standard InChI is InChI=1S/C13H21NS/c1-10-5-6-13(11(10)2)14-8-7-12-4-3-9-15-12/h3-4,9-11,13-14H,5-8H2,1-2H3. The molecule has 0 bridgehead atoms. The zero-order valence-electron chi connectivity index (χ0n) is 9.70. The summed E-state index contributed by atoms with van der Waals surface area (Å²) in [6, 6.07) is 5.13. The van der Waals surface area contributed by atoms with Crippen LogP contribution in [0.25, 0.3) is 0 Å². The van der Waals surface area contributed by atoms with E-state index in [2.05, 4.69) is 36.7 Å². The van der Waals surface area contributed by atoms with Gasteiger partial charge in [-0.25, -0.2) is 0 Å². The molecule has 1 nitrogen and oxygen atoms in total. The van der Waals surface area contributed by atoms with Crippen molar-refractivity contribution in [3.05, 3.63) is 22.4 Å². The Morgan fingerprint density at radius 3 is 2.87 bits per heavy atom. The highest BCUT2D eigenvalue weighted by Crippen LogP contribution is 2.30. The van der Waals surface area contributed by atoms with Gasteiger partial charge in [-0.05, 0) is 42.5 Å². The Labute approximate surface area is 96.9 Å². The largest absolute Gasteiger partial charge is 0.313 e. The first-order valence-electron chi connectivity index (χ1n) is 6.03. The normalized spacial score (nSPS) is 30.9. The van der Waals surface area contributed by atoms with Crippen molar-refractivity contribution in [3.63, 3.8) is 0 Å². The second-order valence-corrected chi connectivity index (χ2v) is 5.84. The van der Waals surface area contributed by atoms with E-state index in [1.807, 2.05) is 11.3 Å². The number of hydrogen-bond acceptors (Lipinski definition) is 2. The lowest BCUT2D eigenvalue weighted by Crippen LogP contribution is -2.33. The van der Waals surface area contributed by atoms with Gasteiger partial charge >= 0.3 is 0 Å². The Kier molecular flexibility index (Phi) is 3.81. The van der Waals surface area contributed by atoms with Gasteiger partial charge in [-0.15, -0.1) is 11.3 Å². The Morgan fingerprint density at radius 2 is 2.27 bits per heavy atom. The van der Waals surface area contributed by atoms with E-state index in [0.717, 1.165) is 24.4 Å². The summed E-state index contributed by atoms with van der Waals surface area (Å²) in [6.45, 7) is 5.91. The minimum atomic E-state index is 0.764. The van der Waals surface area contributed by atoms with Gasteiger partial charge in [0.1, 0.15) is 0 Å². The van der Waals surface area contributed by atoms with Gasteiger partial charge in [-0.2, -0.15) is 0 Å². The molecule has 1 N–H and O–H groups in total. The Bertz CT molecular complexity index is 281. The second kappa shape index (κ2) is 5.13. The van der Waals surface area contributed by atoms with Crippen molar-refractivity contribution in [1.29, 1.82) is 0 Å². The van der Waals surface area contributed by atoms with Gasteiger partial charge in [0.2, 0.25) is 0 Å². The molecule has 1 aliphatic rings. The molecule has 3 atom stereocenters. The summed E-state index contributed by atoms with van der Waals surface area (Å²) in [5, 5.41) is 5.87. The topological polar surface area (TPSA) is 12.0 Å². The summed E-state index contributed by atoms with van der Waals surface area (Å²) >= 11 is 1.87. The second-order valence-electron chi connectivity index (χ2n) is 4.80. The van der Waals surface area contributed by atoms with Crippen LogP contribution in [0.15, 0.2) is 17.5 Å². The van der Waals surface area contributed by atoms with Gasteiger partial charge < -0.3 is 5.32 Å². The molecule has 1 heterocycles. The summed E-state index contributed by atoms with van der Waals surface area (Å²) in [4.78, 5) is 1.50. The van der Waals surface area contributed by atoms with Crippen LogP contribution < -0.4 is 5.32 Å². The monoisotopic (exact) mass is 223 g/mol. The van der Waals surface area contributed by atoms with Crippen LogP contribution in [-0.4, -0.2) is 12.6 Å². The lowest BCUT2D eigenvalue weighted by Gasteiger charge is -2.19. The van der Waals surface area contributed by atoms with Gasteiger partial charge in [0.25, 0.3) is 0 Å². The summed E-state index contributed by atoms with van der Waals surface area (Å²) in [7, 11) is 0. The van der Waals surface area contributed by atoms with Gasteiger partial charge in [0.05, 0.1) is 0 Å². The molecular weight excluding hydrogens is 202 g/mol. The molecule has 2 rings (SSSR count). The van der Waals surface area contributed by atoms with Crippen LogP contribution in [-0.2, 0) is 6.42 Å². The van der Waals surface area contributed by atoms with Crippen molar-refractivity contribution in [2.75, 3.05) is 6.54 Å². The average Bonchev–Trinajstić information content (AvgIpc) is 2.83. The van der Waals surface area contributed by atoms with Crippen LogP contribution in [0.5, 0.6) is 0 Å². The van der Waals surface area contributed by atoms with Gasteiger partial charge in [-0.3, -0.25) is 0 Å². The predicted octanol–water partition coefficient (Wildman–Crippen LogP) is 3.31. The number of hydrogen-bond donors (Lipinski definition) is 1. The summed E-state index contributed by atoms with van der Waals surface area (Å²) in [5.41, 5.74) is 0. The fraction of sp³-hybridized carbons (Fsp3) is 0.692. The van der Waals surface area contributed by atoms with E-state index in [1.165, 1.54) is 24.1 Å². The van der Waals surface area contributed by atoms with E-state index in [9.17, 15) is 0 Å². The van der Waals surface area contributed by atoms with Crippen LogP contribution >= 0.6 is 11.3 Å². The smallest absolute Gasteiger partial charge is 0.00954 e. The minimum Gasteiger partial charge on any atom is -0.313 e. The first-order chi connectivity index (χ1) is 7.27. The molecule has 1 aromatic rings. The molecule has 0 radical (unpaired) electrons. The van der Waals surface area contributed by atoms with Crippen molar-refractivity contribution < 1.29 is 0 Å². The van der Waals surface area contributed by atoms with E-state index in [-0.39, 0.29) is 0 Å². The van der Waals surface area contributed by atoms with Crippen molar-refractivity contribution >= 4 is 11.3 Å². The van der Waals surface area contributed by atoms with Gasteiger partial charge in [0, 0.05) is 17.5 Å². The maximum atomic E-state index is 3.71. The highest BCUT2D eigenvalue weighted by Gasteiger charge is 2.28. The number of nitrogens with one attached hydrogen (secondary N) is 1. The molecule has 1 fully saturated rings. The Morgan fingerprint density at radius 1 is 1.40 bits per heavy atom. The van der Waals surface area contributed by atoms with Crippen LogP contribution in [0.1, 0.15) is 31.6 Å². The van der Waals surface area contributed by atoms with Crippen LogP contribution in [0.2, 0.25) is 0 Å². The maximum absolute atomic E-state index is 3.71. The molecule has 2 heteroatoms. The minimum absolute atomic E-state index is 0.764. The molecule has 0 saturated heterocycles. The maximum Gasteiger partial charge on any atom is 0.00954 e. The molecule has 1 aliphatic carbocycles. The predicted molar refractivity (Wildman–Crippen MR) is 67.4 cm³/mol. The fourth-order valence-corrected chi connectivity index (χ4v) is 3.20. The molecular formula is C13H21NS. The fourth-order valence-electron chi connectivity index (χ4n) is 2.49. The van der Waals surface area contributed by atoms with Crippen LogP contribution in [0, 0.1) is 11.8 Å². The lowest BCUT2D eigenvalue weighted by molar-refractivity contribution is 0.373. The van der Waals surface area contributed by atoms with Crippen LogP contribution in [0.3, 0.4) is 0 Å². The van der Waals surface area contributed by atoms with E-state index in [0.29, 0.717) is 0 Å². The van der Waals surface area contributed by atoms with E-state index >= 15 is 0 Å². The third-order valence-electron chi connectivity index (χ3n) is 3.82. The zero-order valence-corrected chi connectivity index (χ0v) is 10.5. The molecule has 84 valence electrons. The average molecular weight is 223 g/mol. The van der Waals surface area contributed by atoms with Gasteiger partial charge in [0.15, 0.2) is 0 Å². The molecule has 1 aromatic heterocycles. The molecule has 15 heavy (non-hydrogen) atoms.